The summed E-state index contributed by atoms with van der Waals surface area (Å²) in [7, 11) is 0. The van der Waals surface area contributed by atoms with Crippen molar-refractivity contribution in [3.05, 3.63) is 106 Å². The van der Waals surface area contributed by atoms with E-state index in [2.05, 4.69) is 35.7 Å². The third-order valence-corrected chi connectivity index (χ3v) is 6.11. The molecule has 1 N–H and O–H groups in total. The predicted octanol–water partition coefficient (Wildman–Crippen LogP) is 6.85. The first-order valence-corrected chi connectivity index (χ1v) is 11.5. The lowest BCUT2D eigenvalue weighted by atomic mass is 10.0. The smallest absolute Gasteiger partial charge is 0.224 e. The molecular weight excluding hydrogens is 429 g/mol. The van der Waals surface area contributed by atoms with Gasteiger partial charge in [0.2, 0.25) is 5.91 Å². The fraction of sp³-hybridized carbons (Fsp3) is 0.115. The number of halogens is 2. The minimum Gasteiger partial charge on any atom is -0.352 e. The molecule has 0 radical (unpaired) electrons. The summed E-state index contributed by atoms with van der Waals surface area (Å²) in [5, 5.41) is 3.56. The molecule has 0 aliphatic heterocycles. The van der Waals surface area contributed by atoms with E-state index in [-0.39, 0.29) is 18.1 Å². The lowest BCUT2D eigenvalue weighted by Gasteiger charge is -2.08. The van der Waals surface area contributed by atoms with Crippen LogP contribution in [0.2, 0.25) is 5.02 Å². The Hall–Kier alpha value is -2.82. The Kier molecular flexibility index (Phi) is 6.59. The van der Waals surface area contributed by atoms with Gasteiger partial charge in [0, 0.05) is 16.5 Å². The molecular formula is C26H21ClFNOS. The summed E-state index contributed by atoms with van der Waals surface area (Å²) in [5.41, 5.74) is 5.49. The van der Waals surface area contributed by atoms with Crippen molar-refractivity contribution in [1.82, 2.24) is 5.32 Å². The zero-order valence-corrected chi connectivity index (χ0v) is 18.6. The minimum absolute atomic E-state index is 0.119. The summed E-state index contributed by atoms with van der Waals surface area (Å²) in [6, 6.07) is 20.4. The van der Waals surface area contributed by atoms with Crippen LogP contribution in [0, 0.1) is 5.82 Å². The highest BCUT2D eigenvalue weighted by Crippen LogP contribution is 2.38. The van der Waals surface area contributed by atoms with Gasteiger partial charge in [0.15, 0.2) is 0 Å². The number of allylic oxidation sites excluding steroid dienone is 2. The predicted molar refractivity (Wildman–Crippen MR) is 128 cm³/mol. The lowest BCUT2D eigenvalue weighted by molar-refractivity contribution is -0.120. The van der Waals surface area contributed by atoms with E-state index in [4.69, 9.17) is 11.6 Å². The van der Waals surface area contributed by atoms with E-state index >= 15 is 0 Å². The molecule has 4 rings (SSSR count). The van der Waals surface area contributed by atoms with Gasteiger partial charge in [-0.1, -0.05) is 41.9 Å². The van der Waals surface area contributed by atoms with Crippen LogP contribution in [0.3, 0.4) is 0 Å². The fourth-order valence-electron chi connectivity index (χ4n) is 3.61. The van der Waals surface area contributed by atoms with Gasteiger partial charge < -0.3 is 5.32 Å². The second-order valence-corrected chi connectivity index (χ2v) is 8.63. The molecule has 0 aromatic heterocycles. The summed E-state index contributed by atoms with van der Waals surface area (Å²) in [6.07, 6.45) is 6.27. The Morgan fingerprint density at radius 3 is 2.61 bits per heavy atom. The monoisotopic (exact) mass is 449 g/mol. The number of fused-ring (bicyclic) bond motifs is 1. The van der Waals surface area contributed by atoms with E-state index in [9.17, 15) is 9.18 Å². The molecule has 0 fully saturated rings. The first kappa shape index (κ1) is 21.4. The van der Waals surface area contributed by atoms with Gasteiger partial charge >= 0.3 is 0 Å². The first-order chi connectivity index (χ1) is 15.0. The third-order valence-electron chi connectivity index (χ3n) is 5.14. The number of nitrogens with one attached hydrogen (secondary N) is 1. The summed E-state index contributed by atoms with van der Waals surface area (Å²) in [5.74, 6) is -0.429. The number of benzene rings is 3. The Morgan fingerprint density at radius 1 is 1.06 bits per heavy atom. The molecule has 156 valence electrons. The molecule has 0 saturated heterocycles. The Labute approximate surface area is 190 Å². The highest BCUT2D eigenvalue weighted by molar-refractivity contribution is 7.98. The molecule has 31 heavy (non-hydrogen) atoms. The van der Waals surface area contributed by atoms with E-state index in [1.54, 1.807) is 23.9 Å². The average Bonchev–Trinajstić information content (AvgIpc) is 3.09. The highest BCUT2D eigenvalue weighted by Gasteiger charge is 2.21. The summed E-state index contributed by atoms with van der Waals surface area (Å²) in [6.45, 7) is 0.396. The quantitative estimate of drug-likeness (QED) is 0.417. The fourth-order valence-corrected chi connectivity index (χ4v) is 4.23. The van der Waals surface area contributed by atoms with Crippen molar-refractivity contribution in [3.8, 4) is 0 Å². The third kappa shape index (κ3) is 5.27. The maximum absolute atomic E-state index is 14.0. The number of carbonyl (C=O) groups excluding carboxylic acids is 1. The number of rotatable bonds is 6. The Balaban J connectivity index is 1.54. The lowest BCUT2D eigenvalue weighted by Crippen LogP contribution is -2.22. The number of amides is 1. The molecule has 0 atom stereocenters. The zero-order chi connectivity index (χ0) is 21.8. The second kappa shape index (κ2) is 9.54. The normalized spacial score (nSPS) is 13.8. The molecule has 5 heteroatoms. The van der Waals surface area contributed by atoms with Crippen molar-refractivity contribution >= 4 is 46.5 Å². The molecule has 3 aromatic rings. The van der Waals surface area contributed by atoms with Gasteiger partial charge in [0.1, 0.15) is 5.82 Å². The topological polar surface area (TPSA) is 29.1 Å². The van der Waals surface area contributed by atoms with Gasteiger partial charge in [-0.2, -0.15) is 0 Å². The van der Waals surface area contributed by atoms with Gasteiger partial charge in [-0.15, -0.1) is 11.8 Å². The van der Waals surface area contributed by atoms with Crippen LogP contribution in [0.25, 0.3) is 17.2 Å². The zero-order valence-electron chi connectivity index (χ0n) is 17.0. The van der Waals surface area contributed by atoms with Gasteiger partial charge in [0.05, 0.1) is 6.42 Å². The number of hydrogen-bond donors (Lipinski definition) is 1. The molecule has 2 nitrogen and oxygen atoms in total. The van der Waals surface area contributed by atoms with Gasteiger partial charge in [-0.05, 0) is 88.2 Å². The van der Waals surface area contributed by atoms with Crippen LogP contribution in [-0.4, -0.2) is 12.2 Å². The van der Waals surface area contributed by atoms with Crippen molar-refractivity contribution < 1.29 is 9.18 Å². The second-order valence-electron chi connectivity index (χ2n) is 7.32. The van der Waals surface area contributed by atoms with Crippen LogP contribution >= 0.6 is 23.4 Å². The van der Waals surface area contributed by atoms with Crippen LogP contribution in [0.1, 0.15) is 28.7 Å². The maximum Gasteiger partial charge on any atom is 0.224 e. The number of thioether (sulfide) groups is 1. The Bertz CT molecular complexity index is 1180. The van der Waals surface area contributed by atoms with Crippen molar-refractivity contribution in [1.29, 1.82) is 0 Å². The van der Waals surface area contributed by atoms with E-state index in [0.29, 0.717) is 11.6 Å². The largest absolute Gasteiger partial charge is 0.352 e. The van der Waals surface area contributed by atoms with Crippen LogP contribution in [0.5, 0.6) is 0 Å². The summed E-state index contributed by atoms with van der Waals surface area (Å²) >= 11 is 7.70. The molecule has 0 spiro atoms. The molecule has 3 aromatic carbocycles. The van der Waals surface area contributed by atoms with Crippen LogP contribution in [-0.2, 0) is 11.3 Å². The molecule has 0 saturated carbocycles. The summed E-state index contributed by atoms with van der Waals surface area (Å²) < 4.78 is 14.0. The van der Waals surface area contributed by atoms with Crippen LogP contribution < -0.4 is 5.32 Å². The number of carbonyl (C=O) groups is 1. The van der Waals surface area contributed by atoms with Gasteiger partial charge in [0.25, 0.3) is 0 Å². The van der Waals surface area contributed by atoms with Crippen molar-refractivity contribution in [2.24, 2.45) is 0 Å². The van der Waals surface area contributed by atoms with Gasteiger partial charge in [-0.3, -0.25) is 4.79 Å². The van der Waals surface area contributed by atoms with Crippen molar-refractivity contribution in [2.75, 3.05) is 6.26 Å². The molecule has 0 unspecified atom stereocenters. The maximum atomic E-state index is 14.0. The Morgan fingerprint density at radius 2 is 1.87 bits per heavy atom. The molecule has 1 amide bonds. The number of hydrogen-bond acceptors (Lipinski definition) is 2. The van der Waals surface area contributed by atoms with E-state index < -0.39 is 0 Å². The van der Waals surface area contributed by atoms with Crippen molar-refractivity contribution in [2.45, 2.75) is 17.9 Å². The highest BCUT2D eigenvalue weighted by atomic mass is 35.5. The van der Waals surface area contributed by atoms with Crippen LogP contribution in [0.15, 0.2) is 77.7 Å². The van der Waals surface area contributed by atoms with E-state index in [1.807, 2.05) is 30.5 Å². The molecule has 1 aliphatic rings. The molecule has 0 bridgehead atoms. The van der Waals surface area contributed by atoms with E-state index in [0.717, 1.165) is 33.4 Å². The van der Waals surface area contributed by atoms with Gasteiger partial charge in [-0.25, -0.2) is 4.39 Å². The van der Waals surface area contributed by atoms with Crippen LogP contribution in [0.4, 0.5) is 4.39 Å². The SMILES string of the molecule is CSc1ccc(C=C2C=C(CC(=O)NCc3cccc(Cl)c3)c3cc(F)ccc32)cc1. The van der Waals surface area contributed by atoms with Crippen molar-refractivity contribution in [3.63, 3.8) is 0 Å². The molecule has 0 heterocycles. The molecule has 1 aliphatic carbocycles. The minimum atomic E-state index is -0.311. The standard InChI is InChI=1S/C26H21ClFNOS/c1-31-23-8-5-17(6-9-23)11-19-13-20(25-15-22(28)7-10-24(19)25)14-26(30)29-16-18-3-2-4-21(27)12-18/h2-13,15H,14,16H2,1H3,(H,29,30). The summed E-state index contributed by atoms with van der Waals surface area (Å²) in [4.78, 5) is 13.8. The first-order valence-electron chi connectivity index (χ1n) is 9.89. The average molecular weight is 450 g/mol. The van der Waals surface area contributed by atoms with E-state index in [1.165, 1.54) is 17.0 Å².